The standard InChI is InChI=1S/C2Si4/c3-1-5-2(4)6-1. The van der Waals surface area contributed by atoms with E-state index in [-0.39, 0.29) is 0 Å². The molecule has 1 rings (SSSR count). The molecule has 0 atom stereocenters. The molecule has 0 aromatic rings. The molecule has 0 unspecified atom stereocenters. The fourth-order valence-electron chi connectivity index (χ4n) is 0.250. The third kappa shape index (κ3) is 0.926. The van der Waals surface area contributed by atoms with Crippen LogP contribution in [0, 0.1) is 9.58 Å². The molecule has 1 aliphatic heterocycles. The van der Waals surface area contributed by atoms with E-state index in [0.29, 0.717) is 0 Å². The lowest BCUT2D eigenvalue weighted by Gasteiger charge is -2.25. The second kappa shape index (κ2) is 1.77. The average molecular weight is 136 g/mol. The Kier molecular flexibility index (Phi) is 1.48. The predicted octanol–water partition coefficient (Wildman–Crippen LogP) is -1.36. The highest BCUT2D eigenvalue weighted by Gasteiger charge is 2.23. The molecular formula is C2Si4. The van der Waals surface area contributed by atoms with Crippen molar-refractivity contribution in [3.05, 3.63) is 9.58 Å². The summed E-state index contributed by atoms with van der Waals surface area (Å²) in [5.41, 5.74) is 0. The summed E-state index contributed by atoms with van der Waals surface area (Å²) in [4.78, 5) is 2.92. The smallest absolute Gasteiger partial charge is 0.0366 e. The van der Waals surface area contributed by atoms with Crippen molar-refractivity contribution in [2.24, 2.45) is 0 Å². The molecule has 6 heavy (non-hydrogen) atoms. The first-order chi connectivity index (χ1) is 2.79. The Balaban J connectivity index is 2.11. The van der Waals surface area contributed by atoms with Crippen molar-refractivity contribution in [2.45, 2.75) is 0 Å². The van der Waals surface area contributed by atoms with E-state index < -0.39 is 0 Å². The largest absolute Gasteiger partial charge is 0.0584 e. The Morgan fingerprint density at radius 2 is 1.33 bits per heavy atom. The Hall–Kier alpha value is 0.868. The summed E-state index contributed by atoms with van der Waals surface area (Å²) in [6, 6.07) is 0. The van der Waals surface area contributed by atoms with Gasteiger partial charge in [-0.05, 0) is 0 Å². The van der Waals surface area contributed by atoms with Gasteiger partial charge in [0.15, 0.2) is 0 Å². The zero-order valence-corrected chi connectivity index (χ0v) is 7.00. The molecule has 0 N–H and O–H groups in total. The van der Waals surface area contributed by atoms with E-state index in [1.165, 1.54) is 9.58 Å². The van der Waals surface area contributed by atoms with Gasteiger partial charge in [0.1, 0.15) is 0 Å². The molecular weight excluding hydrogens is 136 g/mol. The van der Waals surface area contributed by atoms with Gasteiger partial charge in [-0.3, -0.25) is 0 Å². The molecule has 0 saturated carbocycles. The second-order valence-electron chi connectivity index (χ2n) is 1.00. The van der Waals surface area contributed by atoms with E-state index in [2.05, 4.69) is 20.5 Å². The molecule has 1 aliphatic rings. The van der Waals surface area contributed by atoms with Gasteiger partial charge in [0.25, 0.3) is 0 Å². The van der Waals surface area contributed by atoms with Crippen molar-refractivity contribution in [2.75, 3.05) is 0 Å². The molecule has 4 heteroatoms. The molecule has 0 aromatic heterocycles. The summed E-state index contributed by atoms with van der Waals surface area (Å²) in [7, 11) is 8.75. The summed E-state index contributed by atoms with van der Waals surface area (Å²) in [5.74, 6) is 0. The minimum Gasteiger partial charge on any atom is -0.0584 e. The first-order valence-corrected chi connectivity index (χ1v) is 4.50. The molecule has 0 bridgehead atoms. The monoisotopic (exact) mass is 136 g/mol. The van der Waals surface area contributed by atoms with Crippen molar-refractivity contribution >= 4 is 39.5 Å². The molecule has 1 heterocycles. The second-order valence-corrected chi connectivity index (χ2v) is 7.50. The van der Waals surface area contributed by atoms with E-state index >= 15 is 0 Å². The fourth-order valence-corrected chi connectivity index (χ4v) is 5.62. The van der Waals surface area contributed by atoms with Gasteiger partial charge in [0.05, 0.1) is 0 Å². The molecule has 1 saturated heterocycles. The van der Waals surface area contributed by atoms with Crippen LogP contribution in [0.1, 0.15) is 0 Å². The van der Waals surface area contributed by atoms with Crippen LogP contribution in [0.3, 0.4) is 0 Å². The average Bonchev–Trinajstić information content (AvgIpc) is 1.33. The maximum atomic E-state index is 3.43. The van der Waals surface area contributed by atoms with Crippen LogP contribution in [-0.4, -0.2) is 39.5 Å². The van der Waals surface area contributed by atoms with Crippen LogP contribution in [0.15, 0.2) is 0 Å². The van der Waals surface area contributed by atoms with E-state index in [9.17, 15) is 0 Å². The molecule has 1 fully saturated rings. The van der Waals surface area contributed by atoms with Crippen LogP contribution < -0.4 is 0 Å². The lowest BCUT2D eigenvalue weighted by atomic mass is 11.7. The number of hydrogen-bond acceptors (Lipinski definition) is 0. The van der Waals surface area contributed by atoms with E-state index in [1.807, 2.05) is 0 Å². The van der Waals surface area contributed by atoms with Gasteiger partial charge < -0.3 is 0 Å². The third-order valence-corrected chi connectivity index (χ3v) is 4.50. The first-order valence-electron chi connectivity index (χ1n) is 1.50. The molecule has 0 nitrogen and oxygen atoms in total. The van der Waals surface area contributed by atoms with Crippen molar-refractivity contribution < 1.29 is 0 Å². The summed E-state index contributed by atoms with van der Waals surface area (Å²) in [5, 5.41) is 0. The van der Waals surface area contributed by atoms with Gasteiger partial charge >= 0.3 is 0 Å². The lowest BCUT2D eigenvalue weighted by Crippen LogP contribution is -2.40. The maximum absolute atomic E-state index is 3.43. The SMILES string of the molecule is [Si][C]1[Si][C]([Si])[Si]1. The summed E-state index contributed by atoms with van der Waals surface area (Å²) in [6.07, 6.45) is 0. The minimum atomic E-state index is 0.941. The van der Waals surface area contributed by atoms with Gasteiger partial charge in [0, 0.05) is 39.5 Å². The highest BCUT2D eigenvalue weighted by molar-refractivity contribution is 7.07. The van der Waals surface area contributed by atoms with Gasteiger partial charge in [0.2, 0.25) is 0 Å². The van der Waals surface area contributed by atoms with Crippen LogP contribution in [0.5, 0.6) is 0 Å². The van der Waals surface area contributed by atoms with Crippen molar-refractivity contribution in [1.82, 2.24) is 0 Å². The molecule has 12 radical (unpaired) electrons. The van der Waals surface area contributed by atoms with Crippen LogP contribution in [0.2, 0.25) is 0 Å². The normalized spacial score (nSPS) is 27.0. The van der Waals surface area contributed by atoms with Gasteiger partial charge in [-0.2, -0.15) is 0 Å². The molecule has 0 spiro atoms. The minimum absolute atomic E-state index is 0.941. The van der Waals surface area contributed by atoms with Crippen LogP contribution in [0.4, 0.5) is 0 Å². The van der Waals surface area contributed by atoms with Gasteiger partial charge in [-0.15, -0.1) is 0 Å². The maximum Gasteiger partial charge on any atom is 0.0366 e. The molecule has 0 amide bonds. The first kappa shape index (κ1) is 5.01. The van der Waals surface area contributed by atoms with Crippen LogP contribution in [-0.2, 0) is 0 Å². The topological polar surface area (TPSA) is 0 Å². The third-order valence-electron chi connectivity index (χ3n) is 0.500. The zero-order chi connectivity index (χ0) is 4.57. The Labute approximate surface area is 49.6 Å². The van der Waals surface area contributed by atoms with Crippen LogP contribution in [0.25, 0.3) is 0 Å². The Morgan fingerprint density at radius 3 is 1.33 bits per heavy atom. The van der Waals surface area contributed by atoms with Crippen molar-refractivity contribution in [1.29, 1.82) is 0 Å². The highest BCUT2D eigenvalue weighted by atomic mass is 28.4. The quantitative estimate of drug-likeness (QED) is 0.361. The number of hydrogen-bond donors (Lipinski definition) is 0. The summed E-state index contributed by atoms with van der Waals surface area (Å²) >= 11 is 0. The molecule has 0 aromatic carbocycles. The van der Waals surface area contributed by atoms with Crippen LogP contribution >= 0.6 is 0 Å². The summed E-state index contributed by atoms with van der Waals surface area (Å²) < 4.78 is 0. The van der Waals surface area contributed by atoms with Crippen molar-refractivity contribution in [3.8, 4) is 0 Å². The number of rotatable bonds is 0. The fraction of sp³-hybridized carbons (Fsp3) is 0. The predicted molar refractivity (Wildman–Crippen MR) is 29.5 cm³/mol. The Morgan fingerprint density at radius 1 is 1.00 bits per heavy atom. The Bertz CT molecular complexity index is 41.5. The molecule has 0 aliphatic carbocycles. The highest BCUT2D eigenvalue weighted by Crippen LogP contribution is 2.10. The van der Waals surface area contributed by atoms with E-state index in [4.69, 9.17) is 0 Å². The summed E-state index contributed by atoms with van der Waals surface area (Å²) in [6.45, 7) is 0. The van der Waals surface area contributed by atoms with E-state index in [1.54, 1.807) is 0 Å². The zero-order valence-electron chi connectivity index (χ0n) is 3.00. The van der Waals surface area contributed by atoms with Gasteiger partial charge in [-0.1, -0.05) is 9.58 Å². The van der Waals surface area contributed by atoms with E-state index in [0.717, 1.165) is 19.0 Å². The van der Waals surface area contributed by atoms with Gasteiger partial charge in [-0.25, -0.2) is 0 Å². The lowest BCUT2D eigenvalue weighted by molar-refractivity contribution is 1.94. The molecule has 24 valence electrons. The van der Waals surface area contributed by atoms with Crippen molar-refractivity contribution in [3.63, 3.8) is 0 Å².